The molecule has 190 valence electrons. The van der Waals surface area contributed by atoms with Crippen LogP contribution < -0.4 is 9.26 Å². The highest BCUT2D eigenvalue weighted by molar-refractivity contribution is 7.46. The van der Waals surface area contributed by atoms with E-state index in [-0.39, 0.29) is 11.4 Å². The van der Waals surface area contributed by atoms with Crippen LogP contribution in [0.3, 0.4) is 0 Å². The summed E-state index contributed by atoms with van der Waals surface area (Å²) in [5, 5.41) is 0. The van der Waals surface area contributed by atoms with Crippen molar-refractivity contribution in [3.05, 3.63) is 23.3 Å². The summed E-state index contributed by atoms with van der Waals surface area (Å²) in [5.74, 6) is 3.47. The zero-order valence-electron chi connectivity index (χ0n) is 21.7. The third kappa shape index (κ3) is 10.4. The first-order valence-electron chi connectivity index (χ1n) is 12.9. The van der Waals surface area contributed by atoms with E-state index in [2.05, 4.69) is 34.6 Å². The number of phosphoric ester groups is 1. The van der Waals surface area contributed by atoms with E-state index in [4.69, 9.17) is 19.0 Å². The maximum Gasteiger partial charge on any atom is 0.524 e. The Labute approximate surface area is 201 Å². The van der Waals surface area contributed by atoms with Crippen LogP contribution in [0.5, 0.6) is 11.5 Å². The highest BCUT2D eigenvalue weighted by Gasteiger charge is 2.33. The van der Waals surface area contributed by atoms with Crippen molar-refractivity contribution in [3.8, 4) is 11.5 Å². The summed E-state index contributed by atoms with van der Waals surface area (Å²) in [6, 6.07) is 3.35. The van der Waals surface area contributed by atoms with Gasteiger partial charge in [-0.05, 0) is 80.5 Å². The monoisotopic (exact) mass is 482 g/mol. The van der Waals surface area contributed by atoms with E-state index in [0.29, 0.717) is 0 Å². The summed E-state index contributed by atoms with van der Waals surface area (Å²) in [5.41, 5.74) is 1.64. The number of phosphoric acid groups is 1. The molecule has 0 saturated carbocycles. The molecule has 0 unspecified atom stereocenters. The summed E-state index contributed by atoms with van der Waals surface area (Å²) in [6.45, 7) is 13.5. The molecule has 3 atom stereocenters. The number of ether oxygens (including phenoxy) is 1. The lowest BCUT2D eigenvalue weighted by Gasteiger charge is -2.37. The standard InChI is InChI=1S/C27H47O5P/c1-20(2)10-7-11-21(3)12-8-13-22(4)14-9-16-27(6)17-15-24-19-25(32-33(28,29)30)18-23(5)26(24)31-27/h18-22H,7-17H2,1-6H3,(H2,28,29,30)/t21-,22-,27-/m1/s1. The lowest BCUT2D eigenvalue weighted by atomic mass is 9.85. The van der Waals surface area contributed by atoms with Crippen molar-refractivity contribution in [1.82, 2.24) is 0 Å². The molecule has 0 spiro atoms. The van der Waals surface area contributed by atoms with E-state index < -0.39 is 7.82 Å². The van der Waals surface area contributed by atoms with Crippen LogP contribution in [0.4, 0.5) is 0 Å². The summed E-state index contributed by atoms with van der Waals surface area (Å²) in [7, 11) is -4.56. The molecule has 1 heterocycles. The zero-order chi connectivity index (χ0) is 24.6. The fourth-order valence-electron chi connectivity index (χ4n) is 5.01. The van der Waals surface area contributed by atoms with Gasteiger partial charge in [0, 0.05) is 0 Å². The molecular formula is C27H47O5P. The summed E-state index contributed by atoms with van der Waals surface area (Å²) >= 11 is 0. The van der Waals surface area contributed by atoms with Crippen molar-refractivity contribution < 1.29 is 23.6 Å². The van der Waals surface area contributed by atoms with Gasteiger partial charge in [-0.3, -0.25) is 9.79 Å². The topological polar surface area (TPSA) is 76.0 Å². The van der Waals surface area contributed by atoms with Gasteiger partial charge in [-0.15, -0.1) is 0 Å². The van der Waals surface area contributed by atoms with Gasteiger partial charge in [0.15, 0.2) is 0 Å². The SMILES string of the molecule is Cc1cc(OP(=O)(O)O)cc2c1O[C@](C)(CCC[C@H](C)CCC[C@H](C)CCCC(C)C)CC2. The fraction of sp³-hybridized carbons (Fsp3) is 0.778. The molecule has 0 saturated heterocycles. The molecule has 0 amide bonds. The Morgan fingerprint density at radius 3 is 2.15 bits per heavy atom. The third-order valence-corrected chi connectivity index (χ3v) is 7.54. The minimum Gasteiger partial charge on any atom is -0.487 e. The second-order valence-corrected chi connectivity index (χ2v) is 12.4. The van der Waals surface area contributed by atoms with Gasteiger partial charge >= 0.3 is 7.82 Å². The average Bonchev–Trinajstić information content (AvgIpc) is 2.67. The number of benzene rings is 1. The predicted octanol–water partition coefficient (Wildman–Crippen LogP) is 7.99. The maximum absolute atomic E-state index is 11.2. The van der Waals surface area contributed by atoms with E-state index in [1.807, 2.05) is 6.92 Å². The van der Waals surface area contributed by atoms with Gasteiger partial charge in [0.05, 0.1) is 0 Å². The average molecular weight is 483 g/mol. The molecule has 0 bridgehead atoms. The van der Waals surface area contributed by atoms with Crippen LogP contribution in [0.2, 0.25) is 0 Å². The van der Waals surface area contributed by atoms with Gasteiger partial charge in [0.1, 0.15) is 17.1 Å². The molecule has 0 aliphatic carbocycles. The van der Waals surface area contributed by atoms with E-state index in [9.17, 15) is 4.57 Å². The molecule has 33 heavy (non-hydrogen) atoms. The van der Waals surface area contributed by atoms with E-state index in [0.717, 1.165) is 60.3 Å². The second-order valence-electron chi connectivity index (χ2n) is 11.2. The molecule has 6 heteroatoms. The molecule has 1 aliphatic rings. The van der Waals surface area contributed by atoms with E-state index in [1.54, 1.807) is 12.1 Å². The Morgan fingerprint density at radius 1 is 1.00 bits per heavy atom. The first-order chi connectivity index (χ1) is 15.4. The van der Waals surface area contributed by atoms with Crippen molar-refractivity contribution in [2.24, 2.45) is 17.8 Å². The first-order valence-corrected chi connectivity index (χ1v) is 14.5. The van der Waals surface area contributed by atoms with E-state index in [1.165, 1.54) is 44.9 Å². The summed E-state index contributed by atoms with van der Waals surface area (Å²) in [6.07, 6.45) is 13.3. The van der Waals surface area contributed by atoms with Gasteiger partial charge in [0.25, 0.3) is 0 Å². The van der Waals surface area contributed by atoms with Gasteiger partial charge < -0.3 is 9.26 Å². The van der Waals surface area contributed by atoms with Crippen molar-refractivity contribution in [2.75, 3.05) is 0 Å². The van der Waals surface area contributed by atoms with Crippen molar-refractivity contribution in [1.29, 1.82) is 0 Å². The molecule has 0 aromatic heterocycles. The van der Waals surface area contributed by atoms with Crippen molar-refractivity contribution in [3.63, 3.8) is 0 Å². The minimum atomic E-state index is -4.56. The van der Waals surface area contributed by atoms with Crippen molar-refractivity contribution >= 4 is 7.82 Å². The van der Waals surface area contributed by atoms with Crippen LogP contribution in [-0.4, -0.2) is 15.4 Å². The number of rotatable bonds is 14. The summed E-state index contributed by atoms with van der Waals surface area (Å²) in [4.78, 5) is 18.2. The largest absolute Gasteiger partial charge is 0.524 e. The van der Waals surface area contributed by atoms with Crippen LogP contribution in [0.25, 0.3) is 0 Å². The fourth-order valence-corrected chi connectivity index (χ4v) is 5.39. The Morgan fingerprint density at radius 2 is 1.58 bits per heavy atom. The molecule has 2 rings (SSSR count). The lowest BCUT2D eigenvalue weighted by molar-refractivity contribution is 0.0515. The lowest BCUT2D eigenvalue weighted by Crippen LogP contribution is -2.36. The Kier molecular flexibility index (Phi) is 10.8. The zero-order valence-corrected chi connectivity index (χ0v) is 22.6. The third-order valence-electron chi connectivity index (χ3n) is 7.10. The Bertz CT molecular complexity index is 787. The highest BCUT2D eigenvalue weighted by atomic mass is 31.2. The normalized spacial score (nSPS) is 20.3. The maximum atomic E-state index is 11.2. The van der Waals surface area contributed by atoms with E-state index >= 15 is 0 Å². The number of hydrogen-bond acceptors (Lipinski definition) is 3. The van der Waals surface area contributed by atoms with Crippen LogP contribution in [0.1, 0.15) is 110 Å². The molecule has 2 N–H and O–H groups in total. The van der Waals surface area contributed by atoms with Gasteiger partial charge in [-0.1, -0.05) is 72.6 Å². The Balaban J connectivity index is 1.74. The van der Waals surface area contributed by atoms with Gasteiger partial charge in [0.2, 0.25) is 0 Å². The Hall–Kier alpha value is -1.03. The summed E-state index contributed by atoms with van der Waals surface area (Å²) < 4.78 is 22.4. The minimum absolute atomic E-state index is 0.186. The molecule has 0 radical (unpaired) electrons. The molecule has 1 aromatic carbocycles. The van der Waals surface area contributed by atoms with Gasteiger partial charge in [-0.2, -0.15) is 0 Å². The molecular weight excluding hydrogens is 435 g/mol. The molecule has 1 aromatic rings. The van der Waals surface area contributed by atoms with Crippen LogP contribution >= 0.6 is 7.82 Å². The first kappa shape index (κ1) is 28.2. The second kappa shape index (κ2) is 12.6. The molecule has 1 aliphatic heterocycles. The number of fused-ring (bicyclic) bond motifs is 1. The number of aryl methyl sites for hydroxylation is 2. The highest BCUT2D eigenvalue weighted by Crippen LogP contribution is 2.44. The quantitative estimate of drug-likeness (QED) is 0.263. The van der Waals surface area contributed by atoms with Gasteiger partial charge in [-0.25, -0.2) is 4.57 Å². The number of hydrogen-bond donors (Lipinski definition) is 2. The molecule has 5 nitrogen and oxygen atoms in total. The smallest absolute Gasteiger partial charge is 0.487 e. The predicted molar refractivity (Wildman–Crippen MR) is 136 cm³/mol. The molecule has 0 fully saturated rings. The van der Waals surface area contributed by atoms with Crippen molar-refractivity contribution in [2.45, 2.75) is 118 Å². The van der Waals surface area contributed by atoms with Crippen LogP contribution in [-0.2, 0) is 11.0 Å². The van der Waals surface area contributed by atoms with Crippen LogP contribution in [0.15, 0.2) is 12.1 Å². The van der Waals surface area contributed by atoms with Crippen LogP contribution in [0, 0.1) is 24.7 Å².